The summed E-state index contributed by atoms with van der Waals surface area (Å²) < 4.78 is 2.03. The van der Waals surface area contributed by atoms with Crippen LogP contribution in [-0.4, -0.2) is 28.6 Å². The van der Waals surface area contributed by atoms with E-state index in [1.165, 1.54) is 0 Å². The average Bonchev–Trinajstić information content (AvgIpc) is 2.96. The van der Waals surface area contributed by atoms with Crippen molar-refractivity contribution >= 4 is 11.5 Å². The molecule has 3 rings (SSSR count). The highest BCUT2D eigenvalue weighted by molar-refractivity contribution is 5.74. The lowest BCUT2D eigenvalue weighted by atomic mass is 10.2. The summed E-state index contributed by atoms with van der Waals surface area (Å²) >= 11 is 0. The van der Waals surface area contributed by atoms with Gasteiger partial charge in [-0.15, -0.1) is 0 Å². The van der Waals surface area contributed by atoms with E-state index in [1.54, 1.807) is 18.7 Å². The molecule has 0 radical (unpaired) electrons. The summed E-state index contributed by atoms with van der Waals surface area (Å²) in [6, 6.07) is 12.0. The molecule has 0 bridgehead atoms. The molecule has 21 heavy (non-hydrogen) atoms. The van der Waals surface area contributed by atoms with Crippen molar-refractivity contribution in [1.82, 2.24) is 14.5 Å². The second kappa shape index (κ2) is 5.28. The van der Waals surface area contributed by atoms with Gasteiger partial charge in [0.2, 0.25) is 0 Å². The highest BCUT2D eigenvalue weighted by Gasteiger charge is 2.13. The smallest absolute Gasteiger partial charge is 0.132 e. The molecular weight excluding hydrogens is 262 g/mol. The van der Waals surface area contributed by atoms with Crippen LogP contribution in [0.4, 0.5) is 11.5 Å². The van der Waals surface area contributed by atoms with E-state index in [0.717, 1.165) is 22.6 Å². The van der Waals surface area contributed by atoms with Crippen LogP contribution in [0.5, 0.6) is 0 Å². The lowest BCUT2D eigenvalue weighted by Gasteiger charge is -2.19. The van der Waals surface area contributed by atoms with Gasteiger partial charge in [0, 0.05) is 25.9 Å². The zero-order valence-electron chi connectivity index (χ0n) is 12.1. The van der Waals surface area contributed by atoms with Gasteiger partial charge in [-0.3, -0.25) is 4.57 Å². The zero-order valence-corrected chi connectivity index (χ0v) is 12.1. The predicted octanol–water partition coefficient (Wildman–Crippen LogP) is 2.58. The van der Waals surface area contributed by atoms with E-state index in [0.29, 0.717) is 5.82 Å². The average molecular weight is 279 g/mol. The molecule has 2 aromatic heterocycles. The highest BCUT2D eigenvalue weighted by Crippen LogP contribution is 2.30. The minimum absolute atomic E-state index is 0.501. The lowest BCUT2D eigenvalue weighted by molar-refractivity contribution is 1.03. The quantitative estimate of drug-likeness (QED) is 0.800. The summed E-state index contributed by atoms with van der Waals surface area (Å²) in [5.41, 5.74) is 9.96. The van der Waals surface area contributed by atoms with E-state index in [4.69, 9.17) is 5.73 Å². The fourth-order valence-corrected chi connectivity index (χ4v) is 2.37. The van der Waals surface area contributed by atoms with Gasteiger partial charge in [0.25, 0.3) is 0 Å². The summed E-state index contributed by atoms with van der Waals surface area (Å²) in [4.78, 5) is 10.5. The Morgan fingerprint density at radius 2 is 1.90 bits per heavy atom. The number of hydrogen-bond acceptors (Lipinski definition) is 4. The molecule has 0 aliphatic carbocycles. The summed E-state index contributed by atoms with van der Waals surface area (Å²) in [5.74, 6) is 0.501. The van der Waals surface area contributed by atoms with Crippen LogP contribution in [0.1, 0.15) is 0 Å². The Bertz CT molecular complexity index is 761. The molecule has 2 heterocycles. The van der Waals surface area contributed by atoms with Crippen LogP contribution < -0.4 is 10.6 Å². The molecule has 5 nitrogen and oxygen atoms in total. The fraction of sp³-hybridized carbons (Fsp3) is 0.125. The van der Waals surface area contributed by atoms with Gasteiger partial charge >= 0.3 is 0 Å². The Hall–Kier alpha value is -2.82. The monoisotopic (exact) mass is 279 g/mol. The Morgan fingerprint density at radius 3 is 2.67 bits per heavy atom. The van der Waals surface area contributed by atoms with Gasteiger partial charge in [0.1, 0.15) is 5.82 Å². The predicted molar refractivity (Wildman–Crippen MR) is 85.5 cm³/mol. The van der Waals surface area contributed by atoms with E-state index in [-0.39, 0.29) is 0 Å². The molecule has 0 amide bonds. The van der Waals surface area contributed by atoms with Crippen LogP contribution in [0.3, 0.4) is 0 Å². The number of nitrogens with zero attached hydrogens (tertiary/aromatic N) is 4. The molecule has 0 unspecified atom stereocenters. The van der Waals surface area contributed by atoms with Crippen molar-refractivity contribution < 1.29 is 0 Å². The first-order valence-corrected chi connectivity index (χ1v) is 6.68. The van der Waals surface area contributed by atoms with Crippen molar-refractivity contribution in [3.63, 3.8) is 0 Å². The van der Waals surface area contributed by atoms with Crippen molar-refractivity contribution in [3.8, 4) is 16.9 Å². The first-order valence-electron chi connectivity index (χ1n) is 6.68. The largest absolute Gasteiger partial charge is 0.383 e. The van der Waals surface area contributed by atoms with E-state index < -0.39 is 0 Å². The zero-order chi connectivity index (χ0) is 14.8. The Balaban J connectivity index is 2.19. The number of hydrogen-bond donors (Lipinski definition) is 1. The molecule has 0 aliphatic rings. The first kappa shape index (κ1) is 13.2. The van der Waals surface area contributed by atoms with Gasteiger partial charge < -0.3 is 10.6 Å². The molecule has 0 fully saturated rings. The SMILES string of the molecule is CN(C)c1ccccc1-n1cncc1-c1cccnc1N. The normalized spacial score (nSPS) is 10.6. The molecule has 0 atom stereocenters. The van der Waals surface area contributed by atoms with Gasteiger partial charge in [-0.2, -0.15) is 0 Å². The van der Waals surface area contributed by atoms with Crippen LogP contribution in [0.2, 0.25) is 0 Å². The van der Waals surface area contributed by atoms with E-state index >= 15 is 0 Å². The number of aromatic nitrogens is 3. The summed E-state index contributed by atoms with van der Waals surface area (Å²) in [7, 11) is 4.04. The number of nitrogen functional groups attached to an aromatic ring is 1. The fourth-order valence-electron chi connectivity index (χ4n) is 2.37. The molecule has 3 aromatic rings. The number of pyridine rings is 1. The highest BCUT2D eigenvalue weighted by atomic mass is 15.1. The van der Waals surface area contributed by atoms with Crippen molar-refractivity contribution in [2.75, 3.05) is 24.7 Å². The van der Waals surface area contributed by atoms with Gasteiger partial charge in [0.05, 0.1) is 29.6 Å². The van der Waals surface area contributed by atoms with Crippen molar-refractivity contribution in [2.24, 2.45) is 0 Å². The second-order valence-corrected chi connectivity index (χ2v) is 4.97. The van der Waals surface area contributed by atoms with Crippen LogP contribution in [0.25, 0.3) is 16.9 Å². The number of para-hydroxylation sites is 2. The number of anilines is 2. The Kier molecular flexibility index (Phi) is 3.31. The number of nitrogens with two attached hydrogens (primary N) is 1. The topological polar surface area (TPSA) is 60.0 Å². The van der Waals surface area contributed by atoms with Crippen LogP contribution in [0.15, 0.2) is 55.1 Å². The first-order chi connectivity index (χ1) is 10.2. The van der Waals surface area contributed by atoms with E-state index in [9.17, 15) is 0 Å². The van der Waals surface area contributed by atoms with Gasteiger partial charge in [-0.1, -0.05) is 12.1 Å². The van der Waals surface area contributed by atoms with E-state index in [1.807, 2.05) is 42.9 Å². The molecule has 5 heteroatoms. The molecule has 0 saturated carbocycles. The molecule has 2 N–H and O–H groups in total. The third-order valence-corrected chi connectivity index (χ3v) is 3.38. The Labute approximate surface area is 123 Å². The van der Waals surface area contributed by atoms with E-state index in [2.05, 4.69) is 27.0 Å². The minimum Gasteiger partial charge on any atom is -0.383 e. The molecule has 1 aromatic carbocycles. The van der Waals surface area contributed by atoms with Crippen molar-refractivity contribution in [2.45, 2.75) is 0 Å². The van der Waals surface area contributed by atoms with Crippen LogP contribution >= 0.6 is 0 Å². The standard InChI is InChI=1S/C16H17N5/c1-20(2)13-7-3-4-8-14(13)21-11-18-10-15(21)12-6-5-9-19-16(12)17/h3-11H,1-2H3,(H2,17,19). The third-order valence-electron chi connectivity index (χ3n) is 3.38. The van der Waals surface area contributed by atoms with Crippen LogP contribution in [0, 0.1) is 0 Å². The molecule has 0 aliphatic heterocycles. The minimum atomic E-state index is 0.501. The molecule has 0 spiro atoms. The molecule has 106 valence electrons. The molecular formula is C16H17N5. The number of imidazole rings is 1. The van der Waals surface area contributed by atoms with Gasteiger partial charge in [-0.05, 0) is 24.3 Å². The maximum Gasteiger partial charge on any atom is 0.132 e. The van der Waals surface area contributed by atoms with Gasteiger partial charge in [0.15, 0.2) is 0 Å². The number of benzene rings is 1. The summed E-state index contributed by atoms with van der Waals surface area (Å²) in [6.45, 7) is 0. The third kappa shape index (κ3) is 2.33. The maximum absolute atomic E-state index is 5.99. The van der Waals surface area contributed by atoms with Crippen molar-refractivity contribution in [3.05, 3.63) is 55.1 Å². The number of rotatable bonds is 3. The van der Waals surface area contributed by atoms with Gasteiger partial charge in [-0.25, -0.2) is 9.97 Å². The van der Waals surface area contributed by atoms with Crippen molar-refractivity contribution in [1.29, 1.82) is 0 Å². The summed E-state index contributed by atoms with van der Waals surface area (Å²) in [5, 5.41) is 0. The second-order valence-electron chi connectivity index (χ2n) is 4.97. The Morgan fingerprint density at radius 1 is 1.10 bits per heavy atom. The van der Waals surface area contributed by atoms with Crippen LogP contribution in [-0.2, 0) is 0 Å². The summed E-state index contributed by atoms with van der Waals surface area (Å²) in [6.07, 6.45) is 5.29. The molecule has 0 saturated heterocycles. The maximum atomic E-state index is 5.99. The lowest BCUT2D eigenvalue weighted by Crippen LogP contribution is -2.12.